The van der Waals surface area contributed by atoms with Crippen molar-refractivity contribution >= 4 is 19.5 Å². The van der Waals surface area contributed by atoms with E-state index in [1.54, 1.807) is 27.7 Å². The van der Waals surface area contributed by atoms with E-state index in [1.807, 2.05) is 0 Å². The lowest BCUT2D eigenvalue weighted by molar-refractivity contribution is -0.137. The van der Waals surface area contributed by atoms with Crippen molar-refractivity contribution in [2.75, 3.05) is 0 Å². The third kappa shape index (κ3) is 6.42. The average Bonchev–Trinajstić information content (AvgIpc) is 2.41. The molecule has 0 amide bonds. The van der Waals surface area contributed by atoms with E-state index in [4.69, 9.17) is 9.05 Å². The second-order valence-electron chi connectivity index (χ2n) is 6.01. The van der Waals surface area contributed by atoms with Gasteiger partial charge >= 0.3 is 13.8 Å². The molecular formula is C17H22F3O4P. The van der Waals surface area contributed by atoms with Crippen molar-refractivity contribution in [1.82, 2.24) is 0 Å². The standard InChI is InChI=1S/C17H22F3O4P/c1-11(2)23-25(22,24-12(3)4)16(13(5)21)10-14-7-6-8-15(9-14)17(18,19)20/h6-12H,1-5H3/b16-10+. The van der Waals surface area contributed by atoms with Crippen molar-refractivity contribution in [1.29, 1.82) is 0 Å². The number of alkyl halides is 3. The van der Waals surface area contributed by atoms with E-state index in [2.05, 4.69) is 0 Å². The van der Waals surface area contributed by atoms with Crippen LogP contribution in [0.4, 0.5) is 13.2 Å². The van der Waals surface area contributed by atoms with E-state index in [9.17, 15) is 22.5 Å². The van der Waals surface area contributed by atoms with Gasteiger partial charge in [0, 0.05) is 0 Å². The Labute approximate surface area is 145 Å². The summed E-state index contributed by atoms with van der Waals surface area (Å²) in [7, 11) is -3.99. The Hall–Kier alpha value is -1.43. The van der Waals surface area contributed by atoms with Crippen molar-refractivity contribution in [2.45, 2.75) is 53.0 Å². The van der Waals surface area contributed by atoms with Crippen LogP contribution in [0, 0.1) is 0 Å². The number of Topliss-reactive ketones (excluding diaryl/α,β-unsaturated/α-hetero) is 1. The molecule has 0 radical (unpaired) electrons. The molecule has 0 heterocycles. The summed E-state index contributed by atoms with van der Waals surface area (Å²) in [5, 5.41) is -0.283. The molecular weight excluding hydrogens is 356 g/mol. The van der Waals surface area contributed by atoms with Gasteiger partial charge in [0.25, 0.3) is 0 Å². The van der Waals surface area contributed by atoms with Crippen molar-refractivity contribution in [2.24, 2.45) is 0 Å². The van der Waals surface area contributed by atoms with Crippen molar-refractivity contribution < 1.29 is 31.6 Å². The maximum atomic E-state index is 13.1. The van der Waals surface area contributed by atoms with E-state index in [1.165, 1.54) is 19.1 Å². The fraction of sp³-hybridized carbons (Fsp3) is 0.471. The molecule has 0 aliphatic rings. The predicted molar refractivity (Wildman–Crippen MR) is 90.2 cm³/mol. The molecule has 0 aliphatic heterocycles. The van der Waals surface area contributed by atoms with E-state index >= 15 is 0 Å². The lowest BCUT2D eigenvalue weighted by Gasteiger charge is -2.24. The summed E-state index contributed by atoms with van der Waals surface area (Å²) in [5.74, 6) is -0.595. The highest BCUT2D eigenvalue weighted by atomic mass is 31.2. The number of halogens is 3. The number of hydrogen-bond donors (Lipinski definition) is 0. The Morgan fingerprint density at radius 2 is 1.64 bits per heavy atom. The van der Waals surface area contributed by atoms with Crippen LogP contribution in [-0.2, 0) is 24.6 Å². The van der Waals surface area contributed by atoms with Gasteiger partial charge in [-0.15, -0.1) is 0 Å². The number of hydrogen-bond acceptors (Lipinski definition) is 4. The first-order chi connectivity index (χ1) is 11.3. The van der Waals surface area contributed by atoms with Gasteiger partial charge in [-0.2, -0.15) is 13.2 Å². The van der Waals surface area contributed by atoms with Crippen LogP contribution in [0.25, 0.3) is 6.08 Å². The summed E-state index contributed by atoms with van der Waals surface area (Å²) in [5.41, 5.74) is -0.784. The molecule has 140 valence electrons. The van der Waals surface area contributed by atoms with Gasteiger partial charge in [0.1, 0.15) is 5.31 Å². The smallest absolute Gasteiger partial charge is 0.302 e. The van der Waals surface area contributed by atoms with Crippen LogP contribution in [0.1, 0.15) is 45.7 Å². The minimum absolute atomic E-state index is 0.0833. The maximum absolute atomic E-state index is 13.1. The van der Waals surface area contributed by atoms with Crippen LogP contribution in [0.15, 0.2) is 29.6 Å². The Morgan fingerprint density at radius 3 is 2.04 bits per heavy atom. The summed E-state index contributed by atoms with van der Waals surface area (Å²) in [6, 6.07) is 4.38. The molecule has 4 nitrogen and oxygen atoms in total. The predicted octanol–water partition coefficient (Wildman–Crippen LogP) is 5.68. The molecule has 0 bridgehead atoms. The van der Waals surface area contributed by atoms with Gasteiger partial charge in [0.15, 0.2) is 5.78 Å². The molecule has 8 heteroatoms. The Morgan fingerprint density at radius 1 is 1.12 bits per heavy atom. The van der Waals surface area contributed by atoms with Crippen LogP contribution in [0.2, 0.25) is 0 Å². The lowest BCUT2D eigenvalue weighted by atomic mass is 10.1. The molecule has 0 N–H and O–H groups in total. The molecule has 25 heavy (non-hydrogen) atoms. The fourth-order valence-electron chi connectivity index (χ4n) is 2.03. The molecule has 1 rings (SSSR count). The molecule has 0 aliphatic carbocycles. The maximum Gasteiger partial charge on any atom is 0.416 e. The van der Waals surface area contributed by atoms with Gasteiger partial charge in [-0.05, 0) is 58.4 Å². The minimum Gasteiger partial charge on any atom is -0.302 e. The van der Waals surface area contributed by atoms with Crippen LogP contribution >= 0.6 is 7.60 Å². The normalized spacial score (nSPS) is 13.6. The first kappa shape index (κ1) is 21.6. The Balaban J connectivity index is 3.45. The van der Waals surface area contributed by atoms with Crippen LogP contribution in [0.5, 0.6) is 0 Å². The highest BCUT2D eigenvalue weighted by Gasteiger charge is 2.36. The number of rotatable bonds is 7. The molecule has 1 aromatic carbocycles. The summed E-state index contributed by atoms with van der Waals surface area (Å²) in [4.78, 5) is 12.0. The first-order valence-corrected chi connectivity index (χ1v) is 9.26. The fourth-order valence-corrected chi connectivity index (χ4v) is 4.11. The highest BCUT2D eigenvalue weighted by molar-refractivity contribution is 7.60. The second kappa shape index (κ2) is 8.30. The zero-order valence-electron chi connectivity index (χ0n) is 14.8. The van der Waals surface area contributed by atoms with Crippen molar-refractivity contribution in [3.8, 4) is 0 Å². The summed E-state index contributed by atoms with van der Waals surface area (Å²) >= 11 is 0. The zero-order chi connectivity index (χ0) is 19.4. The Bertz CT molecular complexity index is 679. The quantitative estimate of drug-likeness (QED) is 0.453. The van der Waals surface area contributed by atoms with E-state index in [0.29, 0.717) is 0 Å². The molecule has 0 unspecified atom stereocenters. The number of allylic oxidation sites excluding steroid dienone is 1. The number of ketones is 1. The van der Waals surface area contributed by atoms with E-state index < -0.39 is 37.3 Å². The summed E-state index contributed by atoms with van der Waals surface area (Å²) in [6.45, 7) is 7.66. The van der Waals surface area contributed by atoms with Gasteiger partial charge in [0.2, 0.25) is 0 Å². The van der Waals surface area contributed by atoms with Gasteiger partial charge in [-0.25, -0.2) is 0 Å². The highest BCUT2D eigenvalue weighted by Crippen LogP contribution is 2.58. The molecule has 1 aromatic rings. The van der Waals surface area contributed by atoms with E-state index in [-0.39, 0.29) is 10.9 Å². The third-order valence-corrected chi connectivity index (χ3v) is 5.30. The summed E-state index contributed by atoms with van der Waals surface area (Å²) < 4.78 is 62.4. The molecule has 0 fully saturated rings. The Kier molecular flexibility index (Phi) is 7.18. The van der Waals surface area contributed by atoms with Crippen LogP contribution < -0.4 is 0 Å². The molecule has 0 spiro atoms. The second-order valence-corrected chi connectivity index (χ2v) is 7.91. The third-order valence-electron chi connectivity index (χ3n) is 2.87. The zero-order valence-corrected chi connectivity index (χ0v) is 15.6. The van der Waals surface area contributed by atoms with Crippen LogP contribution in [-0.4, -0.2) is 18.0 Å². The van der Waals surface area contributed by atoms with Crippen molar-refractivity contribution in [3.63, 3.8) is 0 Å². The lowest BCUT2D eigenvalue weighted by Crippen LogP contribution is -2.12. The number of carbonyl (C=O) groups is 1. The largest absolute Gasteiger partial charge is 0.416 e. The van der Waals surface area contributed by atoms with Gasteiger partial charge in [0.05, 0.1) is 17.8 Å². The number of benzene rings is 1. The first-order valence-electron chi connectivity index (χ1n) is 7.72. The van der Waals surface area contributed by atoms with Crippen LogP contribution in [0.3, 0.4) is 0 Å². The van der Waals surface area contributed by atoms with Gasteiger partial charge in [-0.3, -0.25) is 9.36 Å². The monoisotopic (exact) mass is 378 g/mol. The average molecular weight is 378 g/mol. The summed E-state index contributed by atoms with van der Waals surface area (Å²) in [6.07, 6.45) is -4.40. The molecule has 0 atom stereocenters. The molecule has 0 saturated heterocycles. The SMILES string of the molecule is CC(=O)/C(=C\c1cccc(C(F)(F)F)c1)P(=O)(OC(C)C)OC(C)C. The van der Waals surface area contributed by atoms with Gasteiger partial charge in [-0.1, -0.05) is 12.1 Å². The topological polar surface area (TPSA) is 52.6 Å². The van der Waals surface area contributed by atoms with E-state index in [0.717, 1.165) is 18.2 Å². The number of carbonyl (C=O) groups excluding carboxylic acids is 1. The minimum atomic E-state index is -4.52. The van der Waals surface area contributed by atoms with Gasteiger partial charge < -0.3 is 9.05 Å². The van der Waals surface area contributed by atoms with Crippen molar-refractivity contribution in [3.05, 3.63) is 40.7 Å². The molecule has 0 aromatic heterocycles. The molecule has 0 saturated carbocycles.